The van der Waals surface area contributed by atoms with Crippen LogP contribution in [0.25, 0.3) is 0 Å². The highest BCUT2D eigenvalue weighted by Gasteiger charge is 2.50. The van der Waals surface area contributed by atoms with Crippen molar-refractivity contribution in [2.75, 3.05) is 26.3 Å². The Morgan fingerprint density at radius 2 is 1.79 bits per heavy atom. The first-order chi connectivity index (χ1) is 13.1. The summed E-state index contributed by atoms with van der Waals surface area (Å²) < 4.78 is 11.3. The van der Waals surface area contributed by atoms with E-state index in [-0.39, 0.29) is 18.4 Å². The number of rotatable bonds is 8. The number of carbonyl (C=O) groups is 2. The minimum Gasteiger partial charge on any atom is -0.490 e. The van der Waals surface area contributed by atoms with E-state index in [0.717, 1.165) is 5.56 Å². The average molecular weight is 392 g/mol. The van der Waals surface area contributed by atoms with E-state index in [1.54, 1.807) is 4.90 Å². The Labute approximate surface area is 167 Å². The Bertz CT molecular complexity index is 728. The molecule has 1 unspecified atom stereocenters. The summed E-state index contributed by atoms with van der Waals surface area (Å²) in [5, 5.41) is 9.76. The first-order valence-corrected chi connectivity index (χ1v) is 10.0. The Morgan fingerprint density at radius 3 is 2.29 bits per heavy atom. The lowest BCUT2D eigenvalue weighted by atomic mass is 9.76. The van der Waals surface area contributed by atoms with Crippen molar-refractivity contribution in [3.8, 4) is 11.5 Å². The van der Waals surface area contributed by atoms with Crippen molar-refractivity contribution in [2.24, 2.45) is 11.3 Å². The van der Waals surface area contributed by atoms with Crippen molar-refractivity contribution in [3.63, 3.8) is 0 Å². The van der Waals surface area contributed by atoms with Gasteiger partial charge in [0, 0.05) is 13.1 Å². The highest BCUT2D eigenvalue weighted by molar-refractivity contribution is 5.89. The molecule has 0 radical (unpaired) electrons. The molecule has 1 aliphatic rings. The average Bonchev–Trinajstić information content (AvgIpc) is 3.09. The van der Waals surface area contributed by atoms with Crippen LogP contribution in [0, 0.1) is 11.3 Å². The molecule has 28 heavy (non-hydrogen) atoms. The second kappa shape index (κ2) is 8.41. The van der Waals surface area contributed by atoms with Crippen molar-refractivity contribution in [3.05, 3.63) is 23.8 Å². The van der Waals surface area contributed by atoms with Gasteiger partial charge in [-0.25, -0.2) is 0 Å². The topological polar surface area (TPSA) is 76.1 Å². The molecule has 1 amide bonds. The van der Waals surface area contributed by atoms with E-state index in [4.69, 9.17) is 9.47 Å². The number of nitrogens with zero attached hydrogens (tertiary/aromatic N) is 1. The molecule has 1 heterocycles. The zero-order valence-electron chi connectivity index (χ0n) is 17.9. The second-order valence-electron chi connectivity index (χ2n) is 8.25. The normalized spacial score (nSPS) is 19.8. The highest BCUT2D eigenvalue weighted by Crippen LogP contribution is 2.41. The van der Waals surface area contributed by atoms with E-state index < -0.39 is 16.8 Å². The van der Waals surface area contributed by atoms with E-state index in [9.17, 15) is 14.7 Å². The van der Waals surface area contributed by atoms with Crippen LogP contribution in [0.4, 0.5) is 0 Å². The molecule has 6 heteroatoms. The summed E-state index contributed by atoms with van der Waals surface area (Å²) >= 11 is 0. The van der Waals surface area contributed by atoms with Crippen LogP contribution in [0.1, 0.15) is 53.5 Å². The van der Waals surface area contributed by atoms with E-state index in [1.807, 2.05) is 59.7 Å². The number of hydrogen-bond acceptors (Lipinski definition) is 4. The number of carboxylic acid groups (broad SMARTS) is 1. The zero-order chi connectivity index (χ0) is 21.1. The minimum atomic E-state index is -0.874. The van der Waals surface area contributed by atoms with Gasteiger partial charge in [0.2, 0.25) is 5.91 Å². The van der Waals surface area contributed by atoms with Crippen LogP contribution in [0.2, 0.25) is 0 Å². The number of carboxylic acids is 1. The van der Waals surface area contributed by atoms with Gasteiger partial charge in [0.15, 0.2) is 11.5 Å². The summed E-state index contributed by atoms with van der Waals surface area (Å²) in [5.74, 6) is 0.340. The van der Waals surface area contributed by atoms with Crippen molar-refractivity contribution >= 4 is 11.9 Å². The number of ether oxygens (including phenoxy) is 2. The second-order valence-corrected chi connectivity index (χ2v) is 8.25. The fourth-order valence-electron chi connectivity index (χ4n) is 3.86. The van der Waals surface area contributed by atoms with Crippen LogP contribution in [-0.2, 0) is 15.0 Å². The molecule has 1 aromatic carbocycles. The molecule has 0 aliphatic carbocycles. The number of benzene rings is 1. The summed E-state index contributed by atoms with van der Waals surface area (Å²) in [6.07, 6.45) is 0.481. The van der Waals surface area contributed by atoms with Gasteiger partial charge in [-0.2, -0.15) is 0 Å². The Morgan fingerprint density at radius 1 is 1.18 bits per heavy atom. The molecule has 1 N–H and O–H groups in total. The van der Waals surface area contributed by atoms with E-state index in [0.29, 0.717) is 37.7 Å². The molecule has 1 aliphatic heterocycles. The zero-order valence-corrected chi connectivity index (χ0v) is 17.9. The van der Waals surface area contributed by atoms with Gasteiger partial charge in [-0.3, -0.25) is 9.59 Å². The van der Waals surface area contributed by atoms with Gasteiger partial charge < -0.3 is 19.5 Å². The van der Waals surface area contributed by atoms with Crippen LogP contribution >= 0.6 is 0 Å². The molecule has 1 aromatic rings. The molecular formula is C22H33NO5. The molecule has 2 rings (SSSR count). The molecule has 0 saturated carbocycles. The third-order valence-electron chi connectivity index (χ3n) is 5.92. The molecular weight excluding hydrogens is 358 g/mol. The van der Waals surface area contributed by atoms with E-state index in [2.05, 4.69) is 0 Å². The predicted octanol–water partition coefficient (Wildman–Crippen LogP) is 3.72. The maximum atomic E-state index is 13.3. The summed E-state index contributed by atoms with van der Waals surface area (Å²) in [7, 11) is 0. The molecule has 0 spiro atoms. The summed E-state index contributed by atoms with van der Waals surface area (Å²) in [6, 6.07) is 5.57. The van der Waals surface area contributed by atoms with E-state index in [1.165, 1.54) is 0 Å². The van der Waals surface area contributed by atoms with Crippen LogP contribution in [0.15, 0.2) is 18.2 Å². The molecule has 156 valence electrons. The van der Waals surface area contributed by atoms with Crippen LogP contribution in [0.5, 0.6) is 11.5 Å². The van der Waals surface area contributed by atoms with Crippen molar-refractivity contribution < 1.29 is 24.2 Å². The predicted molar refractivity (Wildman–Crippen MR) is 108 cm³/mol. The third kappa shape index (κ3) is 3.96. The van der Waals surface area contributed by atoms with Crippen LogP contribution < -0.4 is 9.47 Å². The van der Waals surface area contributed by atoms with Gasteiger partial charge in [-0.1, -0.05) is 19.9 Å². The Hall–Kier alpha value is -2.24. The highest BCUT2D eigenvalue weighted by atomic mass is 16.5. The molecule has 0 aromatic heterocycles. The first kappa shape index (κ1) is 22.1. The number of aliphatic carboxylic acids is 1. The van der Waals surface area contributed by atoms with E-state index >= 15 is 0 Å². The lowest BCUT2D eigenvalue weighted by Gasteiger charge is -2.33. The molecule has 1 fully saturated rings. The monoisotopic (exact) mass is 391 g/mol. The number of hydrogen-bond donors (Lipinski definition) is 1. The quantitative estimate of drug-likeness (QED) is 0.731. The van der Waals surface area contributed by atoms with Crippen LogP contribution in [-0.4, -0.2) is 48.2 Å². The largest absolute Gasteiger partial charge is 0.490 e. The molecule has 1 atom stereocenters. The van der Waals surface area contributed by atoms with Crippen molar-refractivity contribution in [1.29, 1.82) is 0 Å². The lowest BCUT2D eigenvalue weighted by Crippen LogP contribution is -2.45. The van der Waals surface area contributed by atoms with Gasteiger partial charge in [-0.05, 0) is 57.7 Å². The van der Waals surface area contributed by atoms with Gasteiger partial charge in [0.1, 0.15) is 0 Å². The third-order valence-corrected chi connectivity index (χ3v) is 5.92. The SMILES string of the molecule is CCOc1ccc(C(C)(C)C(=O)N2CCC(C(=O)O)(C(C)C)C2)cc1OCC. The minimum absolute atomic E-state index is 0.0408. The maximum Gasteiger partial charge on any atom is 0.311 e. The fraction of sp³-hybridized carbons (Fsp3) is 0.636. The standard InChI is InChI=1S/C22H33NO5/c1-7-27-17-10-9-16(13-18(17)28-8-2)21(5,6)19(24)23-12-11-22(14-23,15(3)4)20(25)26/h9-10,13,15H,7-8,11-12,14H2,1-6H3,(H,25,26). The first-order valence-electron chi connectivity index (χ1n) is 10.0. The number of carbonyl (C=O) groups excluding carboxylic acids is 1. The number of amides is 1. The van der Waals surface area contributed by atoms with Gasteiger partial charge in [0.05, 0.1) is 24.0 Å². The summed E-state index contributed by atoms with van der Waals surface area (Å²) in [5.41, 5.74) is -0.856. The summed E-state index contributed by atoms with van der Waals surface area (Å²) in [6.45, 7) is 13.1. The van der Waals surface area contributed by atoms with Crippen molar-refractivity contribution in [2.45, 2.75) is 53.4 Å². The Kier molecular flexibility index (Phi) is 6.63. The maximum absolute atomic E-state index is 13.3. The molecule has 0 bridgehead atoms. The van der Waals surface area contributed by atoms with Gasteiger partial charge >= 0.3 is 5.97 Å². The lowest BCUT2D eigenvalue weighted by molar-refractivity contribution is -0.151. The molecule has 1 saturated heterocycles. The van der Waals surface area contributed by atoms with Crippen LogP contribution in [0.3, 0.4) is 0 Å². The van der Waals surface area contributed by atoms with Crippen molar-refractivity contribution in [1.82, 2.24) is 4.90 Å². The fourth-order valence-corrected chi connectivity index (χ4v) is 3.86. The van der Waals surface area contributed by atoms with Gasteiger partial charge in [0.25, 0.3) is 0 Å². The molecule has 6 nitrogen and oxygen atoms in total. The van der Waals surface area contributed by atoms with Gasteiger partial charge in [-0.15, -0.1) is 0 Å². The Balaban J connectivity index is 2.30. The summed E-state index contributed by atoms with van der Waals surface area (Å²) in [4.78, 5) is 26.9. The number of likely N-dealkylation sites (tertiary alicyclic amines) is 1. The smallest absolute Gasteiger partial charge is 0.311 e.